The van der Waals surface area contributed by atoms with Crippen molar-refractivity contribution in [3.63, 3.8) is 0 Å². The second-order valence-electron chi connectivity index (χ2n) is 2.86. The SMILES string of the molecule is O=C(O)c1nnc2cc(Cl)ccc2c1O. The smallest absolute Gasteiger partial charge is 0.360 e. The predicted octanol–water partition coefficient (Wildman–Crippen LogP) is 1.69. The van der Waals surface area contributed by atoms with Gasteiger partial charge in [-0.2, -0.15) is 0 Å². The molecule has 0 radical (unpaired) electrons. The highest BCUT2D eigenvalue weighted by atomic mass is 35.5. The Morgan fingerprint density at radius 3 is 2.73 bits per heavy atom. The molecule has 1 aromatic heterocycles. The van der Waals surface area contributed by atoms with E-state index >= 15 is 0 Å². The Labute approximate surface area is 88.9 Å². The number of carboxylic acids is 1. The summed E-state index contributed by atoms with van der Waals surface area (Å²) in [5.41, 5.74) is -0.116. The van der Waals surface area contributed by atoms with Crippen LogP contribution in [0.25, 0.3) is 10.9 Å². The minimum atomic E-state index is -1.32. The lowest BCUT2D eigenvalue weighted by molar-refractivity contribution is 0.0686. The van der Waals surface area contributed by atoms with E-state index in [-0.39, 0.29) is 0 Å². The van der Waals surface area contributed by atoms with Gasteiger partial charge in [-0.3, -0.25) is 0 Å². The lowest BCUT2D eigenvalue weighted by atomic mass is 10.2. The van der Waals surface area contributed by atoms with Crippen LogP contribution in [-0.4, -0.2) is 26.4 Å². The third kappa shape index (κ3) is 1.57. The van der Waals surface area contributed by atoms with Gasteiger partial charge in [-0.1, -0.05) is 11.6 Å². The summed E-state index contributed by atoms with van der Waals surface area (Å²) in [5, 5.41) is 26.1. The van der Waals surface area contributed by atoms with Crippen molar-refractivity contribution in [3.8, 4) is 5.75 Å². The van der Waals surface area contributed by atoms with Crippen molar-refractivity contribution in [1.82, 2.24) is 10.2 Å². The van der Waals surface area contributed by atoms with Crippen molar-refractivity contribution in [2.75, 3.05) is 0 Å². The van der Waals surface area contributed by atoms with Crippen molar-refractivity contribution in [2.24, 2.45) is 0 Å². The lowest BCUT2D eigenvalue weighted by Crippen LogP contribution is -2.02. The number of aromatic nitrogens is 2. The molecule has 0 amide bonds. The van der Waals surface area contributed by atoms with Gasteiger partial charge in [-0.15, -0.1) is 10.2 Å². The average molecular weight is 225 g/mol. The van der Waals surface area contributed by atoms with Crippen molar-refractivity contribution < 1.29 is 15.0 Å². The molecule has 0 aliphatic rings. The molecule has 0 unspecified atom stereocenters. The van der Waals surface area contributed by atoms with Crippen LogP contribution in [0.4, 0.5) is 0 Å². The standard InChI is InChI=1S/C9H5ClN2O3/c10-4-1-2-5-6(3-4)11-12-7(8(5)13)9(14)15/h1-3H,(H,11,13)(H,14,15). The number of aromatic carboxylic acids is 1. The highest BCUT2D eigenvalue weighted by Gasteiger charge is 2.15. The van der Waals surface area contributed by atoms with E-state index in [1.807, 2.05) is 0 Å². The fourth-order valence-electron chi connectivity index (χ4n) is 1.21. The first-order valence-electron chi connectivity index (χ1n) is 3.98. The molecule has 0 saturated carbocycles. The van der Waals surface area contributed by atoms with E-state index in [9.17, 15) is 9.90 Å². The van der Waals surface area contributed by atoms with E-state index in [1.54, 1.807) is 0 Å². The topological polar surface area (TPSA) is 83.3 Å². The first-order chi connectivity index (χ1) is 7.09. The maximum absolute atomic E-state index is 10.6. The first kappa shape index (κ1) is 9.67. The van der Waals surface area contributed by atoms with Crippen molar-refractivity contribution >= 4 is 28.5 Å². The molecule has 1 aromatic carbocycles. The molecule has 0 fully saturated rings. The summed E-state index contributed by atoms with van der Waals surface area (Å²) in [6, 6.07) is 4.53. The lowest BCUT2D eigenvalue weighted by Gasteiger charge is -2.02. The second kappa shape index (κ2) is 3.36. The van der Waals surface area contributed by atoms with Gasteiger partial charge in [0.25, 0.3) is 0 Å². The molecule has 0 spiro atoms. The van der Waals surface area contributed by atoms with Crippen LogP contribution < -0.4 is 0 Å². The predicted molar refractivity (Wildman–Crippen MR) is 53.2 cm³/mol. The Bertz CT molecular complexity index is 556. The fourth-order valence-corrected chi connectivity index (χ4v) is 1.38. The van der Waals surface area contributed by atoms with Gasteiger partial charge >= 0.3 is 5.97 Å². The number of hydrogen-bond acceptors (Lipinski definition) is 4. The van der Waals surface area contributed by atoms with Crippen LogP contribution in [0.1, 0.15) is 10.5 Å². The summed E-state index contributed by atoms with van der Waals surface area (Å²) < 4.78 is 0. The largest absolute Gasteiger partial charge is 0.505 e. The molecule has 0 saturated heterocycles. The van der Waals surface area contributed by atoms with Gasteiger partial charge in [0.15, 0.2) is 5.75 Å². The maximum Gasteiger partial charge on any atom is 0.360 e. The van der Waals surface area contributed by atoms with Gasteiger partial charge in [0, 0.05) is 10.4 Å². The van der Waals surface area contributed by atoms with E-state index in [4.69, 9.17) is 16.7 Å². The zero-order valence-corrected chi connectivity index (χ0v) is 8.06. The number of nitrogens with zero attached hydrogens (tertiary/aromatic N) is 2. The number of fused-ring (bicyclic) bond motifs is 1. The number of halogens is 1. The summed E-state index contributed by atoms with van der Waals surface area (Å²) in [5.74, 6) is -1.72. The third-order valence-electron chi connectivity index (χ3n) is 1.90. The number of benzene rings is 1. The van der Waals surface area contributed by atoms with Crippen LogP contribution in [0, 0.1) is 0 Å². The van der Waals surface area contributed by atoms with Crippen molar-refractivity contribution in [2.45, 2.75) is 0 Å². The number of hydrogen-bond donors (Lipinski definition) is 2. The Morgan fingerprint density at radius 2 is 2.07 bits per heavy atom. The van der Waals surface area contributed by atoms with Gasteiger partial charge in [0.05, 0.1) is 5.52 Å². The quantitative estimate of drug-likeness (QED) is 0.770. The zero-order valence-electron chi connectivity index (χ0n) is 7.31. The second-order valence-corrected chi connectivity index (χ2v) is 3.30. The van der Waals surface area contributed by atoms with Crippen LogP contribution in [0.15, 0.2) is 18.2 Å². The highest BCUT2D eigenvalue weighted by molar-refractivity contribution is 6.31. The van der Waals surface area contributed by atoms with Crippen LogP contribution in [0.5, 0.6) is 5.75 Å². The van der Waals surface area contributed by atoms with E-state index < -0.39 is 17.4 Å². The zero-order chi connectivity index (χ0) is 11.0. The van der Waals surface area contributed by atoms with E-state index in [1.165, 1.54) is 18.2 Å². The Kier molecular flexibility index (Phi) is 2.17. The highest BCUT2D eigenvalue weighted by Crippen LogP contribution is 2.27. The molecule has 2 rings (SSSR count). The number of aromatic hydroxyl groups is 1. The molecule has 15 heavy (non-hydrogen) atoms. The molecular formula is C9H5ClN2O3. The molecule has 6 heteroatoms. The molecule has 0 aliphatic carbocycles. The van der Waals surface area contributed by atoms with E-state index in [0.29, 0.717) is 15.9 Å². The number of carboxylic acid groups (broad SMARTS) is 1. The molecule has 1 heterocycles. The van der Waals surface area contributed by atoms with Crippen molar-refractivity contribution in [1.29, 1.82) is 0 Å². The number of rotatable bonds is 1. The normalized spacial score (nSPS) is 10.5. The Balaban J connectivity index is 2.80. The van der Waals surface area contributed by atoms with Gasteiger partial charge in [0.2, 0.25) is 5.69 Å². The summed E-state index contributed by atoms with van der Waals surface area (Å²) in [6.07, 6.45) is 0. The van der Waals surface area contributed by atoms with Gasteiger partial charge < -0.3 is 10.2 Å². The third-order valence-corrected chi connectivity index (χ3v) is 2.13. The van der Waals surface area contributed by atoms with E-state index in [0.717, 1.165) is 0 Å². The van der Waals surface area contributed by atoms with Gasteiger partial charge in [-0.05, 0) is 18.2 Å². The van der Waals surface area contributed by atoms with Crippen LogP contribution in [0.3, 0.4) is 0 Å². The van der Waals surface area contributed by atoms with Crippen molar-refractivity contribution in [3.05, 3.63) is 28.9 Å². The summed E-state index contributed by atoms with van der Waals surface area (Å²) in [4.78, 5) is 10.6. The molecule has 5 nitrogen and oxygen atoms in total. The maximum atomic E-state index is 10.6. The average Bonchev–Trinajstić information content (AvgIpc) is 2.17. The minimum Gasteiger partial charge on any atom is -0.505 e. The summed E-state index contributed by atoms with van der Waals surface area (Å²) in [6.45, 7) is 0. The Hall–Kier alpha value is -1.88. The molecule has 0 aliphatic heterocycles. The number of carbonyl (C=O) groups is 1. The molecule has 76 valence electrons. The molecule has 2 N–H and O–H groups in total. The van der Waals surface area contributed by atoms with Crippen LogP contribution in [-0.2, 0) is 0 Å². The van der Waals surface area contributed by atoms with Gasteiger partial charge in [0.1, 0.15) is 0 Å². The fraction of sp³-hybridized carbons (Fsp3) is 0. The first-order valence-corrected chi connectivity index (χ1v) is 4.35. The van der Waals surface area contributed by atoms with Crippen LogP contribution in [0.2, 0.25) is 5.02 Å². The van der Waals surface area contributed by atoms with Gasteiger partial charge in [-0.25, -0.2) is 4.79 Å². The Morgan fingerprint density at radius 1 is 1.33 bits per heavy atom. The van der Waals surface area contributed by atoms with E-state index in [2.05, 4.69) is 10.2 Å². The van der Waals surface area contributed by atoms with Crippen LogP contribution >= 0.6 is 11.6 Å². The molecule has 2 aromatic rings. The molecule has 0 bridgehead atoms. The molecular weight excluding hydrogens is 220 g/mol. The monoisotopic (exact) mass is 224 g/mol. The summed E-state index contributed by atoms with van der Waals surface area (Å²) >= 11 is 5.71. The molecule has 0 atom stereocenters. The minimum absolute atomic E-state index is 0.312. The summed E-state index contributed by atoms with van der Waals surface area (Å²) in [7, 11) is 0.